The molecule has 0 bridgehead atoms. The van der Waals surface area contributed by atoms with Gasteiger partial charge in [-0.1, -0.05) is 6.42 Å². The first-order valence-corrected chi connectivity index (χ1v) is 12.1. The quantitative estimate of drug-likeness (QED) is 0.369. The number of hydrogen-bond acceptors (Lipinski definition) is 8. The van der Waals surface area contributed by atoms with Crippen molar-refractivity contribution in [3.05, 3.63) is 45.5 Å². The zero-order chi connectivity index (χ0) is 24.2. The molecule has 1 aromatic carbocycles. The van der Waals surface area contributed by atoms with Gasteiger partial charge in [0.25, 0.3) is 5.91 Å². The standard InChI is InChI=1S/C25H27NO7S/c1-4-31-15-10-11-18-17(12-15)14(2)22(33-18)25(29)32-13-20(27)26-23-21(24(28)30-3)16-8-6-5-7-9-19(16)34-23/h10-12H,4-9,13H2,1-3H3,(H,26,27). The SMILES string of the molecule is CCOc1ccc2oc(C(=O)OCC(=O)Nc3sc4c(c3C(=O)OC)CCCCC4)c(C)c2c1. The Bertz CT molecular complexity index is 1240. The number of fused-ring (bicyclic) bond motifs is 2. The molecule has 3 aromatic rings. The Balaban J connectivity index is 1.46. The molecule has 1 N–H and O–H groups in total. The molecule has 0 saturated carbocycles. The Morgan fingerprint density at radius 2 is 1.91 bits per heavy atom. The van der Waals surface area contributed by atoms with Crippen molar-refractivity contribution in [2.45, 2.75) is 46.0 Å². The molecule has 1 aliphatic rings. The summed E-state index contributed by atoms with van der Waals surface area (Å²) in [7, 11) is 1.32. The van der Waals surface area contributed by atoms with E-state index in [-0.39, 0.29) is 5.76 Å². The van der Waals surface area contributed by atoms with Gasteiger partial charge in [-0.2, -0.15) is 0 Å². The van der Waals surface area contributed by atoms with Crippen LogP contribution < -0.4 is 10.1 Å². The number of carbonyl (C=O) groups is 3. The minimum Gasteiger partial charge on any atom is -0.494 e. The normalized spacial score (nSPS) is 13.1. The van der Waals surface area contributed by atoms with Crippen LogP contribution in [0.25, 0.3) is 11.0 Å². The second-order valence-corrected chi connectivity index (χ2v) is 9.14. The molecule has 0 atom stereocenters. The van der Waals surface area contributed by atoms with Gasteiger partial charge in [-0.15, -0.1) is 11.3 Å². The summed E-state index contributed by atoms with van der Waals surface area (Å²) >= 11 is 1.39. The third kappa shape index (κ3) is 4.79. The minimum absolute atomic E-state index is 0.0366. The largest absolute Gasteiger partial charge is 0.494 e. The number of hydrogen-bond donors (Lipinski definition) is 1. The summed E-state index contributed by atoms with van der Waals surface area (Å²) < 4.78 is 21.3. The second-order valence-electron chi connectivity index (χ2n) is 8.03. The summed E-state index contributed by atoms with van der Waals surface area (Å²) in [6.45, 7) is 3.65. The van der Waals surface area contributed by atoms with Gasteiger partial charge in [0, 0.05) is 15.8 Å². The van der Waals surface area contributed by atoms with Gasteiger partial charge in [0.2, 0.25) is 5.76 Å². The van der Waals surface area contributed by atoms with Crippen LogP contribution in [0.1, 0.15) is 63.1 Å². The van der Waals surface area contributed by atoms with E-state index in [0.29, 0.717) is 34.1 Å². The average Bonchev–Trinajstić information content (AvgIpc) is 3.24. The lowest BCUT2D eigenvalue weighted by atomic mass is 10.1. The van der Waals surface area contributed by atoms with Crippen LogP contribution in [0, 0.1) is 6.92 Å². The van der Waals surface area contributed by atoms with E-state index < -0.39 is 24.5 Å². The molecule has 2 heterocycles. The summed E-state index contributed by atoms with van der Waals surface area (Å²) in [5.41, 5.74) is 2.49. The number of rotatable bonds is 7. The fourth-order valence-corrected chi connectivity index (χ4v) is 5.45. The van der Waals surface area contributed by atoms with Gasteiger partial charge in [0.05, 0.1) is 19.3 Å². The van der Waals surface area contributed by atoms with Crippen molar-refractivity contribution in [2.24, 2.45) is 0 Å². The van der Waals surface area contributed by atoms with Crippen LogP contribution in [0.3, 0.4) is 0 Å². The number of benzene rings is 1. The zero-order valence-corrected chi connectivity index (χ0v) is 20.3. The lowest BCUT2D eigenvalue weighted by molar-refractivity contribution is -0.119. The van der Waals surface area contributed by atoms with Crippen LogP contribution in [-0.2, 0) is 27.1 Å². The third-order valence-electron chi connectivity index (χ3n) is 5.80. The molecule has 0 spiro atoms. The number of ether oxygens (including phenoxy) is 3. The highest BCUT2D eigenvalue weighted by Gasteiger charge is 2.27. The van der Waals surface area contributed by atoms with Crippen molar-refractivity contribution in [2.75, 3.05) is 25.6 Å². The second kappa shape index (κ2) is 10.3. The monoisotopic (exact) mass is 485 g/mol. The number of amides is 1. The highest BCUT2D eigenvalue weighted by atomic mass is 32.1. The Labute approximate surface area is 201 Å². The van der Waals surface area contributed by atoms with Crippen LogP contribution >= 0.6 is 11.3 Å². The molecular formula is C25H27NO7S. The van der Waals surface area contributed by atoms with Crippen LogP contribution in [-0.4, -0.2) is 38.2 Å². The average molecular weight is 486 g/mol. The Morgan fingerprint density at radius 3 is 2.68 bits per heavy atom. The molecule has 2 aromatic heterocycles. The first-order valence-electron chi connectivity index (χ1n) is 11.3. The van der Waals surface area contributed by atoms with Crippen molar-refractivity contribution in [3.63, 3.8) is 0 Å². The lowest BCUT2D eigenvalue weighted by Crippen LogP contribution is -2.21. The van der Waals surface area contributed by atoms with Crippen LogP contribution in [0.4, 0.5) is 5.00 Å². The molecule has 8 nitrogen and oxygen atoms in total. The Kier molecular flexibility index (Phi) is 7.21. The van der Waals surface area contributed by atoms with Gasteiger partial charge in [-0.05, 0) is 63.3 Å². The van der Waals surface area contributed by atoms with Crippen LogP contribution in [0.5, 0.6) is 5.75 Å². The molecule has 0 radical (unpaired) electrons. The maximum absolute atomic E-state index is 12.6. The molecule has 1 amide bonds. The van der Waals surface area contributed by atoms with E-state index >= 15 is 0 Å². The number of methoxy groups -OCH3 is 1. The number of nitrogens with one attached hydrogen (secondary N) is 1. The molecule has 0 aliphatic heterocycles. The predicted molar refractivity (Wildman–Crippen MR) is 128 cm³/mol. The zero-order valence-electron chi connectivity index (χ0n) is 19.4. The molecule has 4 rings (SSSR count). The Hall–Kier alpha value is -3.33. The molecule has 34 heavy (non-hydrogen) atoms. The summed E-state index contributed by atoms with van der Waals surface area (Å²) in [4.78, 5) is 38.7. The van der Waals surface area contributed by atoms with E-state index in [9.17, 15) is 14.4 Å². The fraction of sp³-hybridized carbons (Fsp3) is 0.400. The highest BCUT2D eigenvalue weighted by Crippen LogP contribution is 2.38. The lowest BCUT2D eigenvalue weighted by Gasteiger charge is -2.08. The van der Waals surface area contributed by atoms with Crippen molar-refractivity contribution >= 4 is 45.2 Å². The van der Waals surface area contributed by atoms with Gasteiger partial charge in [-0.25, -0.2) is 9.59 Å². The first-order chi connectivity index (χ1) is 16.4. The van der Waals surface area contributed by atoms with Gasteiger partial charge in [-0.3, -0.25) is 4.79 Å². The molecule has 180 valence electrons. The number of thiophene rings is 1. The Morgan fingerprint density at radius 1 is 1.12 bits per heavy atom. The van der Waals surface area contributed by atoms with Gasteiger partial charge in [0.15, 0.2) is 6.61 Å². The maximum atomic E-state index is 12.6. The van der Waals surface area contributed by atoms with Crippen LogP contribution in [0.15, 0.2) is 22.6 Å². The van der Waals surface area contributed by atoms with Gasteiger partial charge < -0.3 is 23.9 Å². The molecular weight excluding hydrogens is 458 g/mol. The van der Waals surface area contributed by atoms with E-state index in [0.717, 1.165) is 47.9 Å². The number of aryl methyl sites for hydroxylation is 2. The minimum atomic E-state index is -0.739. The molecule has 1 aliphatic carbocycles. The van der Waals surface area contributed by atoms with E-state index in [4.69, 9.17) is 18.6 Å². The summed E-state index contributed by atoms with van der Waals surface area (Å²) in [6.07, 6.45) is 4.78. The third-order valence-corrected chi connectivity index (χ3v) is 7.01. The smallest absolute Gasteiger partial charge is 0.375 e. The van der Waals surface area contributed by atoms with Crippen LogP contribution in [0.2, 0.25) is 0 Å². The van der Waals surface area contributed by atoms with Crippen molar-refractivity contribution in [3.8, 4) is 5.75 Å². The first kappa shape index (κ1) is 23.8. The summed E-state index contributed by atoms with van der Waals surface area (Å²) in [6, 6.07) is 5.29. The van der Waals surface area contributed by atoms with Crippen molar-refractivity contribution in [1.82, 2.24) is 0 Å². The number of anilines is 1. The van der Waals surface area contributed by atoms with Gasteiger partial charge >= 0.3 is 11.9 Å². The van der Waals surface area contributed by atoms with E-state index in [1.807, 2.05) is 6.92 Å². The van der Waals surface area contributed by atoms with E-state index in [1.165, 1.54) is 18.4 Å². The molecule has 9 heteroatoms. The number of esters is 2. The topological polar surface area (TPSA) is 104 Å². The van der Waals surface area contributed by atoms with Crippen molar-refractivity contribution in [1.29, 1.82) is 0 Å². The van der Waals surface area contributed by atoms with Crippen molar-refractivity contribution < 1.29 is 33.0 Å². The summed E-state index contributed by atoms with van der Waals surface area (Å²) in [5, 5.41) is 3.90. The van der Waals surface area contributed by atoms with E-state index in [1.54, 1.807) is 25.1 Å². The fourth-order valence-electron chi connectivity index (χ4n) is 4.16. The summed E-state index contributed by atoms with van der Waals surface area (Å²) in [5.74, 6) is -1.04. The molecule has 0 saturated heterocycles. The molecule has 0 unspecified atom stereocenters. The number of carbonyl (C=O) groups excluding carboxylic acids is 3. The van der Waals surface area contributed by atoms with E-state index in [2.05, 4.69) is 5.32 Å². The highest BCUT2D eigenvalue weighted by molar-refractivity contribution is 7.17. The maximum Gasteiger partial charge on any atom is 0.375 e. The predicted octanol–water partition coefficient (Wildman–Crippen LogP) is 5.05. The number of furan rings is 1. The molecule has 0 fully saturated rings. The van der Waals surface area contributed by atoms with Gasteiger partial charge in [0.1, 0.15) is 16.3 Å².